The van der Waals surface area contributed by atoms with Gasteiger partial charge in [-0.15, -0.1) is 0 Å². The van der Waals surface area contributed by atoms with Crippen LogP contribution in [-0.2, 0) is 15.7 Å². The number of esters is 1. The molecule has 1 heterocycles. The minimum atomic E-state index is -4.41. The lowest BCUT2D eigenvalue weighted by Crippen LogP contribution is -2.25. The van der Waals surface area contributed by atoms with Gasteiger partial charge in [0.05, 0.1) is 18.6 Å². The highest BCUT2D eigenvalue weighted by molar-refractivity contribution is 5.72. The first-order valence-electron chi connectivity index (χ1n) is 6.70. The number of rotatable bonds is 3. The second kappa shape index (κ2) is 5.85. The fourth-order valence-corrected chi connectivity index (χ4v) is 2.53. The number of halogens is 3. The van der Waals surface area contributed by atoms with Crippen molar-refractivity contribution in [3.8, 4) is 0 Å². The number of carbonyl (C=O) groups excluding carboxylic acids is 1. The minimum absolute atomic E-state index is 0.0724. The highest BCUT2D eigenvalue weighted by Gasteiger charge is 2.35. The molecule has 0 N–H and O–H groups in total. The number of hydrogen-bond acceptors (Lipinski definition) is 3. The molecule has 4 nitrogen and oxygen atoms in total. The van der Waals surface area contributed by atoms with E-state index < -0.39 is 11.9 Å². The van der Waals surface area contributed by atoms with Crippen LogP contribution < -0.4 is 0 Å². The average molecular weight is 290 g/mol. The first-order chi connectivity index (χ1) is 9.41. The molecule has 7 heteroatoms. The molecular weight excluding hydrogens is 273 g/mol. The Bertz CT molecular complexity index is 462. The molecule has 0 atom stereocenters. The zero-order valence-electron chi connectivity index (χ0n) is 11.2. The second-order valence-corrected chi connectivity index (χ2v) is 4.94. The molecule has 1 fully saturated rings. The van der Waals surface area contributed by atoms with Gasteiger partial charge in [0.25, 0.3) is 0 Å². The Labute approximate surface area is 114 Å². The van der Waals surface area contributed by atoms with E-state index in [0.29, 0.717) is 32.3 Å². The summed E-state index contributed by atoms with van der Waals surface area (Å²) < 4.78 is 43.8. The summed E-state index contributed by atoms with van der Waals surface area (Å²) in [6.07, 6.45) is -0.508. The maximum atomic E-state index is 12.5. The molecule has 0 aliphatic heterocycles. The summed E-state index contributed by atoms with van der Waals surface area (Å²) in [4.78, 5) is 11.6. The monoisotopic (exact) mass is 290 g/mol. The molecule has 20 heavy (non-hydrogen) atoms. The summed E-state index contributed by atoms with van der Waals surface area (Å²) >= 11 is 0. The maximum absolute atomic E-state index is 12.5. The largest absolute Gasteiger partial charge is 0.466 e. The zero-order chi connectivity index (χ0) is 14.8. The van der Waals surface area contributed by atoms with Gasteiger partial charge in [0.2, 0.25) is 0 Å². The highest BCUT2D eigenvalue weighted by atomic mass is 19.4. The molecule has 1 aromatic heterocycles. The summed E-state index contributed by atoms with van der Waals surface area (Å²) in [6.45, 7) is 2.11. The van der Waals surface area contributed by atoms with Crippen LogP contribution in [-0.4, -0.2) is 22.4 Å². The quantitative estimate of drug-likeness (QED) is 0.803. The van der Waals surface area contributed by atoms with E-state index in [-0.39, 0.29) is 17.9 Å². The fourth-order valence-electron chi connectivity index (χ4n) is 2.53. The lowest BCUT2D eigenvalue weighted by atomic mass is 9.86. The van der Waals surface area contributed by atoms with Crippen molar-refractivity contribution in [2.45, 2.75) is 44.8 Å². The van der Waals surface area contributed by atoms with E-state index in [4.69, 9.17) is 4.74 Å². The van der Waals surface area contributed by atoms with Gasteiger partial charge in [-0.2, -0.15) is 18.3 Å². The SMILES string of the molecule is CCOC(=O)C1CCC(n2ccc(C(F)(F)F)n2)CC1. The van der Waals surface area contributed by atoms with Crippen molar-refractivity contribution in [2.24, 2.45) is 5.92 Å². The van der Waals surface area contributed by atoms with Crippen LogP contribution in [0.1, 0.15) is 44.3 Å². The topological polar surface area (TPSA) is 44.1 Å². The van der Waals surface area contributed by atoms with E-state index in [1.807, 2.05) is 0 Å². The van der Waals surface area contributed by atoms with Gasteiger partial charge in [0.15, 0.2) is 5.69 Å². The Morgan fingerprint density at radius 2 is 2.05 bits per heavy atom. The van der Waals surface area contributed by atoms with Gasteiger partial charge in [-0.3, -0.25) is 9.48 Å². The number of alkyl halides is 3. The van der Waals surface area contributed by atoms with E-state index in [1.165, 1.54) is 10.9 Å². The van der Waals surface area contributed by atoms with Gasteiger partial charge in [-0.25, -0.2) is 0 Å². The van der Waals surface area contributed by atoms with Crippen LogP contribution in [0.3, 0.4) is 0 Å². The zero-order valence-corrected chi connectivity index (χ0v) is 11.2. The van der Waals surface area contributed by atoms with Gasteiger partial charge in [0, 0.05) is 6.20 Å². The van der Waals surface area contributed by atoms with E-state index in [1.54, 1.807) is 6.92 Å². The molecule has 0 unspecified atom stereocenters. The molecule has 1 aliphatic carbocycles. The molecule has 0 radical (unpaired) electrons. The Kier molecular flexibility index (Phi) is 4.35. The summed E-state index contributed by atoms with van der Waals surface area (Å²) in [5.74, 6) is -0.341. The van der Waals surface area contributed by atoms with E-state index in [9.17, 15) is 18.0 Å². The summed E-state index contributed by atoms with van der Waals surface area (Å²) in [5, 5.41) is 3.59. The fraction of sp³-hybridized carbons (Fsp3) is 0.692. The third-order valence-corrected chi connectivity index (χ3v) is 3.59. The van der Waals surface area contributed by atoms with Crippen LogP contribution in [0.4, 0.5) is 13.2 Å². The average Bonchev–Trinajstić information content (AvgIpc) is 2.89. The number of aromatic nitrogens is 2. The molecule has 0 aromatic carbocycles. The Morgan fingerprint density at radius 1 is 1.40 bits per heavy atom. The van der Waals surface area contributed by atoms with Crippen LogP contribution in [0, 0.1) is 5.92 Å². The van der Waals surface area contributed by atoms with E-state index in [2.05, 4.69) is 5.10 Å². The molecule has 0 saturated heterocycles. The van der Waals surface area contributed by atoms with Gasteiger partial charge in [-0.1, -0.05) is 0 Å². The number of carbonyl (C=O) groups is 1. The van der Waals surface area contributed by atoms with Gasteiger partial charge in [-0.05, 0) is 38.7 Å². The molecule has 0 bridgehead atoms. The Hall–Kier alpha value is -1.53. The van der Waals surface area contributed by atoms with Crippen molar-refractivity contribution in [2.75, 3.05) is 6.61 Å². The van der Waals surface area contributed by atoms with Crippen LogP contribution >= 0.6 is 0 Å². The Morgan fingerprint density at radius 3 is 2.55 bits per heavy atom. The minimum Gasteiger partial charge on any atom is -0.466 e. The third-order valence-electron chi connectivity index (χ3n) is 3.59. The normalized spacial score (nSPS) is 23.6. The number of nitrogens with zero attached hydrogens (tertiary/aromatic N) is 2. The first-order valence-corrected chi connectivity index (χ1v) is 6.70. The molecule has 112 valence electrons. The van der Waals surface area contributed by atoms with Crippen molar-refractivity contribution in [1.29, 1.82) is 0 Å². The molecule has 0 spiro atoms. The van der Waals surface area contributed by atoms with Crippen LogP contribution in [0.25, 0.3) is 0 Å². The maximum Gasteiger partial charge on any atom is 0.435 e. The van der Waals surface area contributed by atoms with Crippen molar-refractivity contribution in [1.82, 2.24) is 9.78 Å². The summed E-state index contributed by atoms with van der Waals surface area (Å²) in [5.41, 5.74) is -0.870. The van der Waals surface area contributed by atoms with Gasteiger partial charge in [0.1, 0.15) is 0 Å². The number of hydrogen-bond donors (Lipinski definition) is 0. The lowest BCUT2D eigenvalue weighted by molar-refractivity contribution is -0.149. The first kappa shape index (κ1) is 14.9. The van der Waals surface area contributed by atoms with Gasteiger partial charge < -0.3 is 4.74 Å². The molecule has 1 aliphatic rings. The number of ether oxygens (including phenoxy) is 1. The predicted molar refractivity (Wildman–Crippen MR) is 64.9 cm³/mol. The molecule has 1 aromatic rings. The predicted octanol–water partition coefficient (Wildman–Crippen LogP) is 3.20. The molecule has 0 amide bonds. The third kappa shape index (κ3) is 3.32. The van der Waals surface area contributed by atoms with E-state index >= 15 is 0 Å². The second-order valence-electron chi connectivity index (χ2n) is 4.94. The lowest BCUT2D eigenvalue weighted by Gasteiger charge is -2.27. The Balaban J connectivity index is 1.94. The van der Waals surface area contributed by atoms with Gasteiger partial charge >= 0.3 is 12.1 Å². The highest BCUT2D eigenvalue weighted by Crippen LogP contribution is 2.34. The van der Waals surface area contributed by atoms with Crippen molar-refractivity contribution in [3.63, 3.8) is 0 Å². The standard InChI is InChI=1S/C13H17F3N2O2/c1-2-20-12(19)9-3-5-10(6-4-9)18-8-7-11(17-18)13(14,15)16/h7-10H,2-6H2,1H3. The van der Waals surface area contributed by atoms with Crippen LogP contribution in [0.5, 0.6) is 0 Å². The van der Waals surface area contributed by atoms with Crippen molar-refractivity contribution < 1.29 is 22.7 Å². The molecule has 1 saturated carbocycles. The van der Waals surface area contributed by atoms with E-state index in [0.717, 1.165) is 6.07 Å². The van der Waals surface area contributed by atoms with Crippen LogP contribution in [0.15, 0.2) is 12.3 Å². The van der Waals surface area contributed by atoms with Crippen molar-refractivity contribution >= 4 is 5.97 Å². The molecule has 2 rings (SSSR count). The summed E-state index contributed by atoms with van der Waals surface area (Å²) in [6, 6.07) is 0.911. The van der Waals surface area contributed by atoms with Crippen molar-refractivity contribution in [3.05, 3.63) is 18.0 Å². The van der Waals surface area contributed by atoms with Crippen LogP contribution in [0.2, 0.25) is 0 Å². The smallest absolute Gasteiger partial charge is 0.435 e. The summed E-state index contributed by atoms with van der Waals surface area (Å²) in [7, 11) is 0. The molecular formula is C13H17F3N2O2.